The molecule has 0 fully saturated rings. The standard InChI is InChI=1S/C14H14ClNO/c1-10(15)9-16-14(17)13-8-4-6-11-5-2-3-7-12(11)13/h2-8,10H,9H2,1H3,(H,16,17). The van der Waals surface area contributed by atoms with Crippen LogP contribution in [0.5, 0.6) is 0 Å². The van der Waals surface area contributed by atoms with Gasteiger partial charge in [0.25, 0.3) is 5.91 Å². The van der Waals surface area contributed by atoms with Crippen molar-refractivity contribution >= 4 is 28.3 Å². The molecule has 0 saturated heterocycles. The van der Waals surface area contributed by atoms with Gasteiger partial charge in [0.05, 0.1) is 0 Å². The number of carbonyl (C=O) groups is 1. The number of amides is 1. The molecule has 88 valence electrons. The van der Waals surface area contributed by atoms with E-state index in [1.165, 1.54) is 0 Å². The van der Waals surface area contributed by atoms with Crippen LogP contribution in [0.15, 0.2) is 42.5 Å². The van der Waals surface area contributed by atoms with Crippen LogP contribution in [0.4, 0.5) is 0 Å². The molecule has 2 aromatic rings. The van der Waals surface area contributed by atoms with Crippen LogP contribution < -0.4 is 5.32 Å². The number of hydrogen-bond acceptors (Lipinski definition) is 1. The zero-order chi connectivity index (χ0) is 12.3. The molecule has 0 aromatic heterocycles. The van der Waals surface area contributed by atoms with E-state index in [1.807, 2.05) is 49.4 Å². The number of hydrogen-bond donors (Lipinski definition) is 1. The predicted molar refractivity (Wildman–Crippen MR) is 71.6 cm³/mol. The van der Waals surface area contributed by atoms with E-state index in [1.54, 1.807) is 0 Å². The van der Waals surface area contributed by atoms with Crippen molar-refractivity contribution in [3.8, 4) is 0 Å². The minimum atomic E-state index is -0.0747. The summed E-state index contributed by atoms with van der Waals surface area (Å²) in [5.74, 6) is -0.0747. The highest BCUT2D eigenvalue weighted by Crippen LogP contribution is 2.18. The molecule has 0 spiro atoms. The Labute approximate surface area is 106 Å². The highest BCUT2D eigenvalue weighted by atomic mass is 35.5. The first kappa shape index (κ1) is 11.9. The third kappa shape index (κ3) is 2.77. The van der Waals surface area contributed by atoms with Crippen molar-refractivity contribution < 1.29 is 4.79 Å². The van der Waals surface area contributed by atoms with Crippen LogP contribution in [-0.2, 0) is 0 Å². The van der Waals surface area contributed by atoms with Crippen LogP contribution in [0.1, 0.15) is 17.3 Å². The monoisotopic (exact) mass is 247 g/mol. The first-order chi connectivity index (χ1) is 8.18. The van der Waals surface area contributed by atoms with E-state index in [4.69, 9.17) is 11.6 Å². The average molecular weight is 248 g/mol. The van der Waals surface area contributed by atoms with E-state index in [-0.39, 0.29) is 11.3 Å². The molecule has 2 nitrogen and oxygen atoms in total. The summed E-state index contributed by atoms with van der Waals surface area (Å²) in [6, 6.07) is 13.6. The molecule has 1 unspecified atom stereocenters. The molecule has 0 heterocycles. The van der Waals surface area contributed by atoms with Crippen LogP contribution in [0, 0.1) is 0 Å². The number of benzene rings is 2. The predicted octanol–water partition coefficient (Wildman–Crippen LogP) is 3.20. The van der Waals surface area contributed by atoms with Crippen LogP contribution in [0.25, 0.3) is 10.8 Å². The molecule has 0 radical (unpaired) electrons. The maximum Gasteiger partial charge on any atom is 0.251 e. The summed E-state index contributed by atoms with van der Waals surface area (Å²) in [7, 11) is 0. The molecule has 0 saturated carbocycles. The molecule has 0 aliphatic heterocycles. The first-order valence-corrected chi connectivity index (χ1v) is 6.02. The Kier molecular flexibility index (Phi) is 3.64. The van der Waals surface area contributed by atoms with Crippen LogP contribution in [-0.4, -0.2) is 17.8 Å². The third-order valence-electron chi connectivity index (χ3n) is 2.58. The Hall–Kier alpha value is -1.54. The van der Waals surface area contributed by atoms with E-state index in [2.05, 4.69) is 5.32 Å². The van der Waals surface area contributed by atoms with E-state index < -0.39 is 0 Å². The molecule has 1 N–H and O–H groups in total. The molecule has 0 aliphatic rings. The van der Waals surface area contributed by atoms with Crippen LogP contribution >= 0.6 is 11.6 Å². The van der Waals surface area contributed by atoms with Gasteiger partial charge >= 0.3 is 0 Å². The van der Waals surface area contributed by atoms with Crippen LogP contribution in [0.2, 0.25) is 0 Å². The summed E-state index contributed by atoms with van der Waals surface area (Å²) < 4.78 is 0. The highest BCUT2D eigenvalue weighted by molar-refractivity contribution is 6.20. The molecule has 1 amide bonds. The van der Waals surface area contributed by atoms with Gasteiger partial charge in [-0.1, -0.05) is 36.4 Å². The van der Waals surface area contributed by atoms with E-state index in [0.717, 1.165) is 10.8 Å². The second kappa shape index (κ2) is 5.19. The van der Waals surface area contributed by atoms with E-state index in [0.29, 0.717) is 12.1 Å². The van der Waals surface area contributed by atoms with Gasteiger partial charge in [0, 0.05) is 17.5 Å². The Bertz CT molecular complexity index is 531. The minimum Gasteiger partial charge on any atom is -0.351 e. The minimum absolute atomic E-state index is 0.0612. The molecule has 0 aliphatic carbocycles. The number of rotatable bonds is 3. The van der Waals surface area contributed by atoms with Crippen molar-refractivity contribution in [2.24, 2.45) is 0 Å². The second-order valence-corrected chi connectivity index (χ2v) is 4.76. The lowest BCUT2D eigenvalue weighted by Crippen LogP contribution is -2.28. The number of alkyl halides is 1. The molecule has 17 heavy (non-hydrogen) atoms. The van der Waals surface area contributed by atoms with Crippen molar-refractivity contribution in [2.45, 2.75) is 12.3 Å². The van der Waals surface area contributed by atoms with Gasteiger partial charge in [-0.15, -0.1) is 11.6 Å². The van der Waals surface area contributed by atoms with Gasteiger partial charge in [0.2, 0.25) is 0 Å². The van der Waals surface area contributed by atoms with E-state index in [9.17, 15) is 4.79 Å². The number of halogens is 1. The van der Waals surface area contributed by atoms with Gasteiger partial charge in [-0.25, -0.2) is 0 Å². The zero-order valence-corrected chi connectivity index (χ0v) is 10.4. The van der Waals surface area contributed by atoms with Gasteiger partial charge in [0.15, 0.2) is 0 Å². The van der Waals surface area contributed by atoms with E-state index >= 15 is 0 Å². The molecule has 1 atom stereocenters. The fraction of sp³-hybridized carbons (Fsp3) is 0.214. The Morgan fingerprint density at radius 2 is 1.94 bits per heavy atom. The molecular weight excluding hydrogens is 234 g/mol. The zero-order valence-electron chi connectivity index (χ0n) is 9.61. The van der Waals surface area contributed by atoms with Crippen molar-refractivity contribution in [1.29, 1.82) is 0 Å². The summed E-state index contributed by atoms with van der Waals surface area (Å²) in [5.41, 5.74) is 0.695. The lowest BCUT2D eigenvalue weighted by molar-refractivity contribution is 0.0955. The lowest BCUT2D eigenvalue weighted by Gasteiger charge is -2.08. The maximum atomic E-state index is 12.0. The summed E-state index contributed by atoms with van der Waals surface area (Å²) in [6.45, 7) is 2.33. The maximum absolute atomic E-state index is 12.0. The third-order valence-corrected chi connectivity index (χ3v) is 2.73. The summed E-state index contributed by atoms with van der Waals surface area (Å²) in [5, 5.41) is 4.79. The SMILES string of the molecule is CC(Cl)CNC(=O)c1cccc2ccccc12. The molecule has 2 aromatic carbocycles. The first-order valence-electron chi connectivity index (χ1n) is 5.58. The molecule has 3 heteroatoms. The lowest BCUT2D eigenvalue weighted by atomic mass is 10.0. The summed E-state index contributed by atoms with van der Waals surface area (Å²) in [6.07, 6.45) is 0. The fourth-order valence-electron chi connectivity index (χ4n) is 1.75. The van der Waals surface area contributed by atoms with Gasteiger partial charge in [-0.3, -0.25) is 4.79 Å². The largest absolute Gasteiger partial charge is 0.351 e. The fourth-order valence-corrected chi connectivity index (χ4v) is 1.83. The highest BCUT2D eigenvalue weighted by Gasteiger charge is 2.09. The number of nitrogens with one attached hydrogen (secondary N) is 1. The second-order valence-electron chi connectivity index (χ2n) is 4.02. The quantitative estimate of drug-likeness (QED) is 0.830. The topological polar surface area (TPSA) is 29.1 Å². The van der Waals surface area contributed by atoms with Crippen molar-refractivity contribution in [3.05, 3.63) is 48.0 Å². The normalized spacial score (nSPS) is 12.4. The summed E-state index contributed by atoms with van der Waals surface area (Å²) >= 11 is 5.81. The summed E-state index contributed by atoms with van der Waals surface area (Å²) in [4.78, 5) is 12.0. The van der Waals surface area contributed by atoms with Crippen molar-refractivity contribution in [2.75, 3.05) is 6.54 Å². The van der Waals surface area contributed by atoms with Gasteiger partial charge in [-0.2, -0.15) is 0 Å². The van der Waals surface area contributed by atoms with Gasteiger partial charge < -0.3 is 5.32 Å². The smallest absolute Gasteiger partial charge is 0.251 e. The van der Waals surface area contributed by atoms with Gasteiger partial charge in [-0.05, 0) is 23.8 Å². The average Bonchev–Trinajstić information content (AvgIpc) is 2.35. The van der Waals surface area contributed by atoms with Crippen molar-refractivity contribution in [3.63, 3.8) is 0 Å². The van der Waals surface area contributed by atoms with Gasteiger partial charge in [0.1, 0.15) is 0 Å². The molecular formula is C14H14ClNO. The Morgan fingerprint density at radius 3 is 2.71 bits per heavy atom. The Balaban J connectivity index is 2.32. The molecule has 2 rings (SSSR count). The Morgan fingerprint density at radius 1 is 1.24 bits per heavy atom. The molecule has 0 bridgehead atoms. The van der Waals surface area contributed by atoms with Crippen LogP contribution in [0.3, 0.4) is 0 Å². The number of carbonyl (C=O) groups excluding carboxylic acids is 1. The van der Waals surface area contributed by atoms with Crippen molar-refractivity contribution in [1.82, 2.24) is 5.32 Å². The number of fused-ring (bicyclic) bond motifs is 1.